The normalized spacial score (nSPS) is 12.8. The molecule has 2 atom stereocenters. The molecule has 0 saturated carbocycles. The van der Waals surface area contributed by atoms with Crippen LogP contribution in [-0.4, -0.2) is 47.4 Å². The lowest BCUT2D eigenvalue weighted by atomic mass is 10.0. The van der Waals surface area contributed by atoms with Gasteiger partial charge in [0.1, 0.15) is 0 Å². The molecule has 0 saturated heterocycles. The summed E-state index contributed by atoms with van der Waals surface area (Å²) < 4.78 is 5.47. The highest BCUT2D eigenvalue weighted by Gasteiger charge is 2.18. The predicted octanol–water partition coefficient (Wildman–Crippen LogP) is 18.4. The van der Waals surface area contributed by atoms with E-state index in [1.54, 1.807) is 6.08 Å². The van der Waals surface area contributed by atoms with Gasteiger partial charge >= 0.3 is 5.97 Å². The molecule has 0 heterocycles. The van der Waals surface area contributed by atoms with Crippen molar-refractivity contribution in [1.82, 2.24) is 5.32 Å². The van der Waals surface area contributed by atoms with E-state index in [1.165, 1.54) is 238 Å². The molecule has 0 rings (SSSR count). The van der Waals surface area contributed by atoms with E-state index in [1.807, 2.05) is 6.08 Å². The standard InChI is InChI=1S/C61H115NO5/c1-3-5-7-9-11-13-15-17-31-35-39-43-47-51-55-61(66)67-56-52-48-44-40-36-32-28-26-24-22-20-18-19-21-23-25-27-30-34-38-42-46-50-54-60(65)62-58(57-63)59(64)53-49-45-41-37-33-29-16-14-12-10-8-6-4-2/h9,11,15,17,49,53,58-59,63-64H,3-8,10,12-14,16,18-48,50-52,54-57H2,1-2H3,(H,62,65)/b11-9-,17-15-,53-49+. The molecule has 6 heteroatoms. The van der Waals surface area contributed by atoms with Crippen LogP contribution in [0.1, 0.15) is 316 Å². The van der Waals surface area contributed by atoms with Gasteiger partial charge in [0.15, 0.2) is 0 Å². The number of carbonyl (C=O) groups is 2. The molecule has 0 fully saturated rings. The number of amides is 1. The molecule has 0 aliphatic heterocycles. The number of rotatable bonds is 55. The molecule has 394 valence electrons. The highest BCUT2D eigenvalue weighted by molar-refractivity contribution is 5.76. The van der Waals surface area contributed by atoms with Crippen molar-refractivity contribution in [3.05, 3.63) is 36.5 Å². The quantitative estimate of drug-likeness (QED) is 0.0321. The second kappa shape index (κ2) is 56.7. The molecule has 0 aromatic rings. The van der Waals surface area contributed by atoms with Crippen LogP contribution in [0.5, 0.6) is 0 Å². The van der Waals surface area contributed by atoms with Gasteiger partial charge in [-0.1, -0.05) is 281 Å². The minimum absolute atomic E-state index is 0.000986. The van der Waals surface area contributed by atoms with Crippen LogP contribution in [0.25, 0.3) is 0 Å². The van der Waals surface area contributed by atoms with Crippen LogP contribution in [-0.2, 0) is 14.3 Å². The van der Waals surface area contributed by atoms with Crippen molar-refractivity contribution in [2.45, 2.75) is 328 Å². The summed E-state index contributed by atoms with van der Waals surface area (Å²) in [5.74, 6) is -0.0685. The Morgan fingerprint density at radius 2 is 0.761 bits per heavy atom. The lowest BCUT2D eigenvalue weighted by molar-refractivity contribution is -0.143. The van der Waals surface area contributed by atoms with E-state index in [0.717, 1.165) is 51.4 Å². The fourth-order valence-electron chi connectivity index (χ4n) is 9.06. The minimum atomic E-state index is -0.843. The van der Waals surface area contributed by atoms with Crippen LogP contribution in [0.15, 0.2) is 36.5 Å². The summed E-state index contributed by atoms with van der Waals surface area (Å²) in [7, 11) is 0. The van der Waals surface area contributed by atoms with Gasteiger partial charge < -0.3 is 20.3 Å². The van der Waals surface area contributed by atoms with Gasteiger partial charge in [-0.15, -0.1) is 0 Å². The number of esters is 1. The zero-order chi connectivity index (χ0) is 48.6. The number of aliphatic hydroxyl groups is 2. The number of allylic oxidation sites excluding steroid dienone is 5. The maximum atomic E-state index is 12.4. The maximum Gasteiger partial charge on any atom is 0.305 e. The summed E-state index contributed by atoms with van der Waals surface area (Å²) in [6.07, 6.45) is 70.3. The third-order valence-electron chi connectivity index (χ3n) is 13.7. The molecule has 2 unspecified atom stereocenters. The van der Waals surface area contributed by atoms with Gasteiger partial charge in [-0.2, -0.15) is 0 Å². The lowest BCUT2D eigenvalue weighted by Gasteiger charge is -2.20. The van der Waals surface area contributed by atoms with Crippen molar-refractivity contribution in [3.63, 3.8) is 0 Å². The van der Waals surface area contributed by atoms with Crippen LogP contribution in [0, 0.1) is 0 Å². The highest BCUT2D eigenvalue weighted by Crippen LogP contribution is 2.17. The number of ether oxygens (including phenoxy) is 1. The van der Waals surface area contributed by atoms with E-state index in [2.05, 4.69) is 43.5 Å². The fraction of sp³-hybridized carbons (Fsp3) is 0.869. The van der Waals surface area contributed by atoms with Gasteiger partial charge in [0.25, 0.3) is 0 Å². The largest absolute Gasteiger partial charge is 0.466 e. The molecule has 67 heavy (non-hydrogen) atoms. The molecule has 0 aromatic carbocycles. The Morgan fingerprint density at radius 3 is 1.18 bits per heavy atom. The zero-order valence-electron chi connectivity index (χ0n) is 44.9. The first-order chi connectivity index (χ1) is 33.0. The highest BCUT2D eigenvalue weighted by atomic mass is 16.5. The Morgan fingerprint density at radius 1 is 0.418 bits per heavy atom. The second-order valence-corrected chi connectivity index (χ2v) is 20.3. The fourth-order valence-corrected chi connectivity index (χ4v) is 9.06. The van der Waals surface area contributed by atoms with Gasteiger partial charge in [0.2, 0.25) is 5.91 Å². The van der Waals surface area contributed by atoms with Crippen LogP contribution >= 0.6 is 0 Å². The smallest absolute Gasteiger partial charge is 0.305 e. The van der Waals surface area contributed by atoms with E-state index < -0.39 is 12.1 Å². The van der Waals surface area contributed by atoms with Crippen LogP contribution in [0.4, 0.5) is 0 Å². The molecule has 0 aliphatic rings. The molecule has 3 N–H and O–H groups in total. The van der Waals surface area contributed by atoms with E-state index in [-0.39, 0.29) is 18.5 Å². The lowest BCUT2D eigenvalue weighted by Crippen LogP contribution is -2.45. The third-order valence-corrected chi connectivity index (χ3v) is 13.7. The third kappa shape index (κ3) is 53.3. The summed E-state index contributed by atoms with van der Waals surface area (Å²) in [6, 6.07) is -0.627. The van der Waals surface area contributed by atoms with Gasteiger partial charge in [-0.25, -0.2) is 0 Å². The van der Waals surface area contributed by atoms with Crippen LogP contribution in [0.2, 0.25) is 0 Å². The number of hydrogen-bond donors (Lipinski definition) is 3. The number of hydrogen-bond acceptors (Lipinski definition) is 5. The Balaban J connectivity index is 3.39. The van der Waals surface area contributed by atoms with E-state index in [0.29, 0.717) is 19.4 Å². The summed E-state index contributed by atoms with van der Waals surface area (Å²) >= 11 is 0. The topological polar surface area (TPSA) is 95.9 Å². The first-order valence-corrected chi connectivity index (χ1v) is 29.8. The summed E-state index contributed by atoms with van der Waals surface area (Å²) in [4.78, 5) is 24.5. The van der Waals surface area contributed by atoms with E-state index in [4.69, 9.17) is 4.74 Å². The van der Waals surface area contributed by atoms with Gasteiger partial charge in [0.05, 0.1) is 25.4 Å². The number of aliphatic hydroxyl groups excluding tert-OH is 2. The minimum Gasteiger partial charge on any atom is -0.466 e. The van der Waals surface area contributed by atoms with Gasteiger partial charge in [-0.05, 0) is 57.8 Å². The molecular weight excluding hydrogens is 827 g/mol. The summed E-state index contributed by atoms with van der Waals surface area (Å²) in [6.45, 7) is 4.86. The van der Waals surface area contributed by atoms with Crippen molar-refractivity contribution in [3.8, 4) is 0 Å². The van der Waals surface area contributed by atoms with E-state index >= 15 is 0 Å². The average Bonchev–Trinajstić information content (AvgIpc) is 3.33. The number of unbranched alkanes of at least 4 members (excludes halogenated alkanes) is 40. The first-order valence-electron chi connectivity index (χ1n) is 29.8. The molecule has 6 nitrogen and oxygen atoms in total. The Kier molecular flexibility index (Phi) is 55.0. The molecular formula is C61H115NO5. The van der Waals surface area contributed by atoms with Crippen molar-refractivity contribution < 1.29 is 24.5 Å². The number of carbonyl (C=O) groups excluding carboxylic acids is 2. The van der Waals surface area contributed by atoms with Crippen molar-refractivity contribution in [2.24, 2.45) is 0 Å². The monoisotopic (exact) mass is 942 g/mol. The maximum absolute atomic E-state index is 12.4. The molecule has 0 aliphatic carbocycles. The van der Waals surface area contributed by atoms with Crippen molar-refractivity contribution in [2.75, 3.05) is 13.2 Å². The Labute approximate surface area is 417 Å². The summed E-state index contributed by atoms with van der Waals surface area (Å²) in [5.41, 5.74) is 0. The molecule has 0 spiro atoms. The van der Waals surface area contributed by atoms with Crippen molar-refractivity contribution in [1.29, 1.82) is 0 Å². The first kappa shape index (κ1) is 65.1. The van der Waals surface area contributed by atoms with Crippen molar-refractivity contribution >= 4 is 11.9 Å². The number of nitrogens with one attached hydrogen (secondary N) is 1. The zero-order valence-corrected chi connectivity index (χ0v) is 44.9. The molecule has 0 bridgehead atoms. The Hall–Kier alpha value is -1.92. The molecule has 1 amide bonds. The van der Waals surface area contributed by atoms with Crippen LogP contribution < -0.4 is 5.32 Å². The predicted molar refractivity (Wildman–Crippen MR) is 292 cm³/mol. The summed E-state index contributed by atoms with van der Waals surface area (Å²) in [5, 5.41) is 23.1. The Bertz CT molecular complexity index is 1090. The SMILES string of the molecule is CCCC/C=C\C/C=C\CCCCCCCC(=O)OCCCCCCCCCCCCCCCCCCCCCCCCCC(=O)NC(CO)C(O)/C=C/CCCCCCCCCCCCC. The van der Waals surface area contributed by atoms with E-state index in [9.17, 15) is 19.8 Å². The molecule has 0 aromatic heterocycles. The van der Waals surface area contributed by atoms with Gasteiger partial charge in [-0.3, -0.25) is 9.59 Å². The van der Waals surface area contributed by atoms with Gasteiger partial charge in [0, 0.05) is 12.8 Å². The molecule has 0 radical (unpaired) electrons. The van der Waals surface area contributed by atoms with Crippen LogP contribution in [0.3, 0.4) is 0 Å². The average molecular weight is 943 g/mol. The second-order valence-electron chi connectivity index (χ2n) is 20.3.